The van der Waals surface area contributed by atoms with E-state index in [-0.39, 0.29) is 0 Å². The summed E-state index contributed by atoms with van der Waals surface area (Å²) in [7, 11) is 0. The Hall–Kier alpha value is -1.00. The molecule has 1 unspecified atom stereocenters. The highest BCUT2D eigenvalue weighted by Gasteiger charge is 2.10. The van der Waals surface area contributed by atoms with E-state index >= 15 is 0 Å². The second-order valence-electron chi connectivity index (χ2n) is 4.07. The van der Waals surface area contributed by atoms with Gasteiger partial charge in [0.05, 0.1) is 5.69 Å². The molecular formula is C11H20N4. The summed E-state index contributed by atoms with van der Waals surface area (Å²) >= 11 is 0. The van der Waals surface area contributed by atoms with Gasteiger partial charge in [-0.1, -0.05) is 13.8 Å². The Kier molecular flexibility index (Phi) is 5.21. The van der Waals surface area contributed by atoms with Gasteiger partial charge in [-0.15, -0.1) is 0 Å². The van der Waals surface area contributed by atoms with Gasteiger partial charge in [-0.05, 0) is 31.0 Å². The lowest BCUT2D eigenvalue weighted by Gasteiger charge is -2.19. The second kappa shape index (κ2) is 6.48. The van der Waals surface area contributed by atoms with Gasteiger partial charge in [0.2, 0.25) is 0 Å². The second-order valence-corrected chi connectivity index (χ2v) is 4.07. The molecule has 0 fully saturated rings. The quantitative estimate of drug-likeness (QED) is 0.725. The Bertz CT molecular complexity index is 261. The highest BCUT2D eigenvalue weighted by Crippen LogP contribution is 2.07. The number of aromatic nitrogens is 2. The molecule has 0 aliphatic rings. The van der Waals surface area contributed by atoms with E-state index in [0.717, 1.165) is 25.3 Å². The largest absolute Gasteiger partial charge is 0.330 e. The standard InChI is InChI=1S/C11H20N4/c1-9(2)10(5-12)6-14-7-11-3-4-13-8-15-11/h3-4,8-10,14H,5-7,12H2,1-2H3. The lowest BCUT2D eigenvalue weighted by atomic mass is 9.96. The van der Waals surface area contributed by atoms with Gasteiger partial charge in [0.25, 0.3) is 0 Å². The molecule has 84 valence electrons. The first-order chi connectivity index (χ1) is 7.24. The predicted octanol–water partition coefficient (Wildman–Crippen LogP) is 0.797. The third-order valence-electron chi connectivity index (χ3n) is 2.60. The molecule has 0 aliphatic heterocycles. The molecule has 0 spiro atoms. The summed E-state index contributed by atoms with van der Waals surface area (Å²) in [6, 6.07) is 1.92. The average molecular weight is 208 g/mol. The lowest BCUT2D eigenvalue weighted by molar-refractivity contribution is 0.370. The van der Waals surface area contributed by atoms with Crippen LogP contribution in [0.1, 0.15) is 19.5 Å². The first-order valence-corrected chi connectivity index (χ1v) is 5.39. The zero-order valence-corrected chi connectivity index (χ0v) is 9.48. The molecule has 1 rings (SSSR count). The Morgan fingerprint density at radius 1 is 1.47 bits per heavy atom. The summed E-state index contributed by atoms with van der Waals surface area (Å²) < 4.78 is 0. The highest BCUT2D eigenvalue weighted by molar-refractivity contribution is 4.96. The van der Waals surface area contributed by atoms with Crippen molar-refractivity contribution < 1.29 is 0 Å². The van der Waals surface area contributed by atoms with Crippen molar-refractivity contribution in [3.8, 4) is 0 Å². The molecular weight excluding hydrogens is 188 g/mol. The molecule has 0 saturated heterocycles. The van der Waals surface area contributed by atoms with Crippen LogP contribution in [0.3, 0.4) is 0 Å². The number of hydrogen-bond donors (Lipinski definition) is 2. The van der Waals surface area contributed by atoms with Crippen molar-refractivity contribution in [2.75, 3.05) is 13.1 Å². The molecule has 0 aromatic carbocycles. The van der Waals surface area contributed by atoms with Crippen LogP contribution >= 0.6 is 0 Å². The molecule has 0 saturated carbocycles. The van der Waals surface area contributed by atoms with Crippen LogP contribution < -0.4 is 11.1 Å². The minimum atomic E-state index is 0.534. The maximum atomic E-state index is 5.69. The molecule has 1 aromatic rings. The summed E-state index contributed by atoms with van der Waals surface area (Å²) in [6.07, 6.45) is 3.33. The maximum absolute atomic E-state index is 5.69. The SMILES string of the molecule is CC(C)C(CN)CNCc1ccncn1. The molecule has 1 atom stereocenters. The zero-order chi connectivity index (χ0) is 11.1. The summed E-state index contributed by atoms with van der Waals surface area (Å²) in [5.74, 6) is 1.15. The van der Waals surface area contributed by atoms with Crippen LogP contribution in [0.25, 0.3) is 0 Å². The van der Waals surface area contributed by atoms with Crippen molar-refractivity contribution in [2.45, 2.75) is 20.4 Å². The van der Waals surface area contributed by atoms with E-state index in [2.05, 4.69) is 29.1 Å². The van der Waals surface area contributed by atoms with E-state index in [1.54, 1.807) is 12.5 Å². The summed E-state index contributed by atoms with van der Waals surface area (Å²) in [4.78, 5) is 8.02. The first kappa shape index (κ1) is 12.1. The van der Waals surface area contributed by atoms with Crippen LogP contribution in [0, 0.1) is 11.8 Å². The first-order valence-electron chi connectivity index (χ1n) is 5.39. The summed E-state index contributed by atoms with van der Waals surface area (Å²) in [6.45, 7) is 6.85. The van der Waals surface area contributed by atoms with Crippen molar-refractivity contribution in [2.24, 2.45) is 17.6 Å². The Morgan fingerprint density at radius 2 is 2.27 bits per heavy atom. The van der Waals surface area contributed by atoms with Crippen molar-refractivity contribution in [1.82, 2.24) is 15.3 Å². The van der Waals surface area contributed by atoms with E-state index in [0.29, 0.717) is 11.8 Å². The number of nitrogens with two attached hydrogens (primary N) is 1. The Morgan fingerprint density at radius 3 is 2.80 bits per heavy atom. The number of nitrogens with zero attached hydrogens (tertiary/aromatic N) is 2. The molecule has 1 heterocycles. The Labute approximate surface area is 91.3 Å². The average Bonchev–Trinajstić information content (AvgIpc) is 2.25. The van der Waals surface area contributed by atoms with Gasteiger partial charge in [0.1, 0.15) is 6.33 Å². The monoisotopic (exact) mass is 208 g/mol. The maximum Gasteiger partial charge on any atom is 0.115 e. The van der Waals surface area contributed by atoms with E-state index in [4.69, 9.17) is 5.73 Å². The third kappa shape index (κ3) is 4.36. The Balaban J connectivity index is 2.27. The zero-order valence-electron chi connectivity index (χ0n) is 9.48. The number of hydrogen-bond acceptors (Lipinski definition) is 4. The van der Waals surface area contributed by atoms with Crippen molar-refractivity contribution in [3.05, 3.63) is 24.3 Å². The van der Waals surface area contributed by atoms with E-state index in [1.165, 1.54) is 0 Å². The van der Waals surface area contributed by atoms with Crippen LogP contribution in [0.5, 0.6) is 0 Å². The van der Waals surface area contributed by atoms with Crippen LogP contribution in [-0.2, 0) is 6.54 Å². The van der Waals surface area contributed by atoms with Gasteiger partial charge in [0, 0.05) is 12.7 Å². The lowest BCUT2D eigenvalue weighted by Crippen LogP contribution is -2.31. The smallest absolute Gasteiger partial charge is 0.115 e. The number of rotatable bonds is 6. The van der Waals surface area contributed by atoms with Gasteiger partial charge in [0.15, 0.2) is 0 Å². The van der Waals surface area contributed by atoms with Crippen molar-refractivity contribution in [1.29, 1.82) is 0 Å². The third-order valence-corrected chi connectivity index (χ3v) is 2.60. The fraction of sp³-hybridized carbons (Fsp3) is 0.636. The van der Waals surface area contributed by atoms with Crippen LogP contribution in [-0.4, -0.2) is 23.1 Å². The van der Waals surface area contributed by atoms with Gasteiger partial charge in [-0.25, -0.2) is 9.97 Å². The highest BCUT2D eigenvalue weighted by atomic mass is 14.9. The van der Waals surface area contributed by atoms with Gasteiger partial charge in [-0.2, -0.15) is 0 Å². The van der Waals surface area contributed by atoms with Crippen molar-refractivity contribution in [3.63, 3.8) is 0 Å². The molecule has 0 radical (unpaired) electrons. The van der Waals surface area contributed by atoms with Gasteiger partial charge in [-0.3, -0.25) is 0 Å². The fourth-order valence-corrected chi connectivity index (χ4v) is 1.40. The molecule has 0 bridgehead atoms. The normalized spacial score (nSPS) is 13.1. The van der Waals surface area contributed by atoms with Gasteiger partial charge < -0.3 is 11.1 Å². The molecule has 1 aromatic heterocycles. The van der Waals surface area contributed by atoms with Gasteiger partial charge >= 0.3 is 0 Å². The number of nitrogens with one attached hydrogen (secondary N) is 1. The topological polar surface area (TPSA) is 63.8 Å². The summed E-state index contributed by atoms with van der Waals surface area (Å²) in [5.41, 5.74) is 6.71. The molecule has 15 heavy (non-hydrogen) atoms. The molecule has 0 amide bonds. The minimum absolute atomic E-state index is 0.534. The van der Waals surface area contributed by atoms with Crippen molar-refractivity contribution >= 4 is 0 Å². The van der Waals surface area contributed by atoms with E-state index in [9.17, 15) is 0 Å². The van der Waals surface area contributed by atoms with Crippen LogP contribution in [0.15, 0.2) is 18.6 Å². The molecule has 3 N–H and O–H groups in total. The predicted molar refractivity (Wildman–Crippen MR) is 61.1 cm³/mol. The van der Waals surface area contributed by atoms with E-state index in [1.807, 2.05) is 6.07 Å². The molecule has 4 heteroatoms. The van der Waals surface area contributed by atoms with Crippen LogP contribution in [0.2, 0.25) is 0 Å². The molecule has 0 aliphatic carbocycles. The van der Waals surface area contributed by atoms with Crippen LogP contribution in [0.4, 0.5) is 0 Å². The summed E-state index contributed by atoms with van der Waals surface area (Å²) in [5, 5.41) is 3.36. The minimum Gasteiger partial charge on any atom is -0.330 e. The molecule has 4 nitrogen and oxygen atoms in total. The van der Waals surface area contributed by atoms with E-state index < -0.39 is 0 Å². The fourth-order valence-electron chi connectivity index (χ4n) is 1.40.